The first-order valence-corrected chi connectivity index (χ1v) is 6.55. The topological polar surface area (TPSA) is 124 Å². The van der Waals surface area contributed by atoms with Crippen molar-refractivity contribution < 1.29 is 9.72 Å². The maximum Gasteiger partial charge on any atom is 0.292 e. The molecule has 0 saturated heterocycles. The second-order valence-electron chi connectivity index (χ2n) is 4.54. The Morgan fingerprint density at radius 2 is 2.20 bits per heavy atom. The lowest BCUT2D eigenvalue weighted by molar-refractivity contribution is -0.383. The van der Waals surface area contributed by atoms with E-state index >= 15 is 0 Å². The molecule has 1 rings (SSSR count). The number of unbranched alkanes of at least 4 members (excludes halogenated alkanes) is 1. The number of para-hydroxylation sites is 1. The summed E-state index contributed by atoms with van der Waals surface area (Å²) in [6.45, 7) is 2.37. The second-order valence-corrected chi connectivity index (χ2v) is 4.54. The Labute approximate surface area is 117 Å². The Morgan fingerprint density at radius 3 is 2.75 bits per heavy atom. The summed E-state index contributed by atoms with van der Waals surface area (Å²) in [6, 6.07) is 4.02. The van der Waals surface area contributed by atoms with E-state index in [0.717, 1.165) is 19.3 Å². The number of nitrogens with one attached hydrogen (secondary N) is 1. The molecular formula is C13H20N4O3. The Hall–Kier alpha value is -2.15. The van der Waals surface area contributed by atoms with Gasteiger partial charge < -0.3 is 16.8 Å². The molecule has 5 N–H and O–H groups in total. The number of amides is 1. The van der Waals surface area contributed by atoms with Crippen LogP contribution in [0.2, 0.25) is 0 Å². The molecule has 0 aliphatic rings. The maximum atomic E-state index is 12.1. The summed E-state index contributed by atoms with van der Waals surface area (Å²) >= 11 is 0. The summed E-state index contributed by atoms with van der Waals surface area (Å²) in [5.41, 5.74) is 11.0. The van der Waals surface area contributed by atoms with E-state index in [2.05, 4.69) is 5.32 Å². The van der Waals surface area contributed by atoms with E-state index in [4.69, 9.17) is 11.5 Å². The van der Waals surface area contributed by atoms with Crippen LogP contribution in [0.15, 0.2) is 18.2 Å². The molecule has 7 heteroatoms. The van der Waals surface area contributed by atoms with E-state index in [1.54, 1.807) is 0 Å². The third-order valence-corrected chi connectivity index (χ3v) is 3.05. The Balaban J connectivity index is 2.87. The van der Waals surface area contributed by atoms with Crippen molar-refractivity contribution in [1.82, 2.24) is 5.32 Å². The van der Waals surface area contributed by atoms with Gasteiger partial charge in [-0.1, -0.05) is 25.8 Å². The molecule has 0 spiro atoms. The smallest absolute Gasteiger partial charge is 0.292 e. The summed E-state index contributed by atoms with van der Waals surface area (Å²) in [5.74, 6) is -0.433. The van der Waals surface area contributed by atoms with Gasteiger partial charge in [0.1, 0.15) is 5.69 Å². The quantitative estimate of drug-likeness (QED) is 0.396. The van der Waals surface area contributed by atoms with Crippen LogP contribution < -0.4 is 16.8 Å². The molecule has 0 heterocycles. The molecule has 0 saturated carbocycles. The number of anilines is 1. The number of nitro groups is 1. The first-order valence-electron chi connectivity index (χ1n) is 6.55. The zero-order chi connectivity index (χ0) is 15.1. The van der Waals surface area contributed by atoms with Gasteiger partial charge in [-0.25, -0.2) is 0 Å². The SMILES string of the molecule is CCCCC(CN)NC(=O)c1cccc([N+](=O)[O-])c1N. The molecule has 0 fully saturated rings. The van der Waals surface area contributed by atoms with Crippen molar-refractivity contribution in [3.8, 4) is 0 Å². The molecule has 0 aliphatic carbocycles. The van der Waals surface area contributed by atoms with Gasteiger partial charge in [0.2, 0.25) is 0 Å². The molecule has 1 unspecified atom stereocenters. The predicted octanol–water partition coefficient (Wildman–Crippen LogP) is 1.42. The third kappa shape index (κ3) is 3.92. The van der Waals surface area contributed by atoms with Crippen molar-refractivity contribution in [3.05, 3.63) is 33.9 Å². The average molecular weight is 280 g/mol. The molecule has 0 aliphatic heterocycles. The number of nitrogen functional groups attached to an aromatic ring is 1. The predicted molar refractivity (Wildman–Crippen MR) is 77.3 cm³/mol. The van der Waals surface area contributed by atoms with E-state index in [-0.39, 0.29) is 23.0 Å². The van der Waals surface area contributed by atoms with E-state index in [9.17, 15) is 14.9 Å². The Bertz CT molecular complexity index is 491. The lowest BCUT2D eigenvalue weighted by Crippen LogP contribution is -2.40. The van der Waals surface area contributed by atoms with Crippen molar-refractivity contribution in [2.45, 2.75) is 32.2 Å². The third-order valence-electron chi connectivity index (χ3n) is 3.05. The van der Waals surface area contributed by atoms with Gasteiger partial charge in [0.05, 0.1) is 10.5 Å². The van der Waals surface area contributed by atoms with Crippen LogP contribution in [0, 0.1) is 10.1 Å². The lowest BCUT2D eigenvalue weighted by Gasteiger charge is -2.17. The van der Waals surface area contributed by atoms with Crippen molar-refractivity contribution in [2.24, 2.45) is 5.73 Å². The van der Waals surface area contributed by atoms with Crippen LogP contribution >= 0.6 is 0 Å². The monoisotopic (exact) mass is 280 g/mol. The van der Waals surface area contributed by atoms with Gasteiger partial charge in [0.15, 0.2) is 0 Å². The molecule has 1 atom stereocenters. The fourth-order valence-electron chi connectivity index (χ4n) is 1.87. The molecule has 0 radical (unpaired) electrons. The minimum Gasteiger partial charge on any atom is -0.393 e. The minimum atomic E-state index is -0.608. The maximum absolute atomic E-state index is 12.1. The minimum absolute atomic E-state index is 0.106. The average Bonchev–Trinajstić information content (AvgIpc) is 2.43. The highest BCUT2D eigenvalue weighted by molar-refractivity contribution is 6.01. The second kappa shape index (κ2) is 7.44. The molecule has 0 aromatic heterocycles. The zero-order valence-corrected chi connectivity index (χ0v) is 11.5. The van der Waals surface area contributed by atoms with Crippen LogP contribution in [-0.4, -0.2) is 23.4 Å². The fraction of sp³-hybridized carbons (Fsp3) is 0.462. The van der Waals surface area contributed by atoms with Crippen LogP contribution in [0.4, 0.5) is 11.4 Å². The summed E-state index contributed by atoms with van der Waals surface area (Å²) in [4.78, 5) is 22.3. The van der Waals surface area contributed by atoms with Crippen LogP contribution in [0.3, 0.4) is 0 Å². The molecular weight excluding hydrogens is 260 g/mol. The van der Waals surface area contributed by atoms with Crippen molar-refractivity contribution in [2.75, 3.05) is 12.3 Å². The lowest BCUT2D eigenvalue weighted by atomic mass is 10.1. The normalized spacial score (nSPS) is 11.9. The summed E-state index contributed by atoms with van der Waals surface area (Å²) in [6.07, 6.45) is 2.73. The van der Waals surface area contributed by atoms with Crippen molar-refractivity contribution in [3.63, 3.8) is 0 Å². The van der Waals surface area contributed by atoms with E-state index in [0.29, 0.717) is 6.54 Å². The number of nitrogens with two attached hydrogens (primary N) is 2. The van der Waals surface area contributed by atoms with Gasteiger partial charge in [-0.2, -0.15) is 0 Å². The highest BCUT2D eigenvalue weighted by Crippen LogP contribution is 2.24. The standard InChI is InChI=1S/C13H20N4O3/c1-2-3-5-9(8-14)16-13(18)10-6-4-7-11(12(10)15)17(19)20/h4,6-7,9H,2-3,5,8,14-15H2,1H3,(H,16,18). The number of carbonyl (C=O) groups excluding carboxylic acids is 1. The zero-order valence-electron chi connectivity index (χ0n) is 11.5. The molecule has 7 nitrogen and oxygen atoms in total. The van der Waals surface area contributed by atoms with Gasteiger partial charge in [-0.05, 0) is 12.5 Å². The summed E-state index contributed by atoms with van der Waals surface area (Å²) in [5, 5.41) is 13.5. The van der Waals surface area contributed by atoms with Crippen molar-refractivity contribution in [1.29, 1.82) is 0 Å². The Kier molecular flexibility index (Phi) is 5.92. The number of hydrogen-bond donors (Lipinski definition) is 3. The molecule has 1 amide bonds. The number of hydrogen-bond acceptors (Lipinski definition) is 5. The van der Waals surface area contributed by atoms with Gasteiger partial charge >= 0.3 is 0 Å². The number of nitrogens with zero attached hydrogens (tertiary/aromatic N) is 1. The van der Waals surface area contributed by atoms with Crippen LogP contribution in [0.5, 0.6) is 0 Å². The first kappa shape index (κ1) is 15.9. The number of nitro benzene ring substituents is 1. The molecule has 110 valence electrons. The number of benzene rings is 1. The van der Waals surface area contributed by atoms with Crippen LogP contribution in [0.1, 0.15) is 36.5 Å². The molecule has 0 bridgehead atoms. The summed E-state index contributed by atoms with van der Waals surface area (Å²) < 4.78 is 0. The first-order chi connectivity index (χ1) is 9.51. The van der Waals surface area contributed by atoms with Gasteiger partial charge in [-0.15, -0.1) is 0 Å². The highest BCUT2D eigenvalue weighted by atomic mass is 16.6. The van der Waals surface area contributed by atoms with Gasteiger partial charge in [0, 0.05) is 18.7 Å². The largest absolute Gasteiger partial charge is 0.393 e. The highest BCUT2D eigenvalue weighted by Gasteiger charge is 2.20. The Morgan fingerprint density at radius 1 is 1.50 bits per heavy atom. The number of carbonyl (C=O) groups is 1. The van der Waals surface area contributed by atoms with E-state index < -0.39 is 10.8 Å². The van der Waals surface area contributed by atoms with E-state index in [1.807, 2.05) is 6.92 Å². The van der Waals surface area contributed by atoms with Crippen LogP contribution in [0.25, 0.3) is 0 Å². The number of rotatable bonds is 7. The summed E-state index contributed by atoms with van der Waals surface area (Å²) in [7, 11) is 0. The van der Waals surface area contributed by atoms with Gasteiger partial charge in [0.25, 0.3) is 11.6 Å². The van der Waals surface area contributed by atoms with Gasteiger partial charge in [-0.3, -0.25) is 14.9 Å². The van der Waals surface area contributed by atoms with Crippen LogP contribution in [-0.2, 0) is 0 Å². The van der Waals surface area contributed by atoms with Crippen molar-refractivity contribution >= 4 is 17.3 Å². The fourth-order valence-corrected chi connectivity index (χ4v) is 1.87. The molecule has 1 aromatic rings. The van der Waals surface area contributed by atoms with E-state index in [1.165, 1.54) is 18.2 Å². The molecule has 20 heavy (non-hydrogen) atoms. The molecule has 1 aromatic carbocycles.